The maximum absolute atomic E-state index is 5.63. The monoisotopic (exact) mass is 243 g/mol. The van der Waals surface area contributed by atoms with E-state index < -0.39 is 0 Å². The molecular weight excluding hydrogens is 226 g/mol. The molecule has 1 aromatic heterocycles. The minimum Gasteiger partial charge on any atom is -0.491 e. The maximum Gasteiger partial charge on any atom is 0.130 e. The van der Waals surface area contributed by atoms with E-state index in [1.807, 2.05) is 56.3 Å². The summed E-state index contributed by atoms with van der Waals surface area (Å²) in [6.07, 6.45) is 1.95. The van der Waals surface area contributed by atoms with Gasteiger partial charge in [-0.05, 0) is 50.2 Å². The maximum atomic E-state index is 5.63. The average Bonchev–Trinajstić information content (AvgIpc) is 2.38. The second-order valence-corrected chi connectivity index (χ2v) is 4.25. The average molecular weight is 243 g/mol. The van der Waals surface area contributed by atoms with Crippen LogP contribution in [-0.2, 0) is 6.61 Å². The van der Waals surface area contributed by atoms with Gasteiger partial charge in [-0.15, -0.1) is 0 Å². The highest BCUT2D eigenvalue weighted by atomic mass is 16.5. The number of hydrogen-bond acceptors (Lipinski definition) is 3. The number of rotatable bonds is 5. The molecule has 0 spiro atoms. The SMILES string of the molecule is CC(C)Oc1ccc(OCc2ccccn2)cc1. The molecule has 0 saturated heterocycles. The number of hydrogen-bond donors (Lipinski definition) is 0. The van der Waals surface area contributed by atoms with Crippen molar-refractivity contribution >= 4 is 0 Å². The van der Waals surface area contributed by atoms with Crippen molar-refractivity contribution in [3.8, 4) is 11.5 Å². The Bertz CT molecular complexity index is 466. The summed E-state index contributed by atoms with van der Waals surface area (Å²) >= 11 is 0. The first-order chi connectivity index (χ1) is 8.74. The number of nitrogens with zero attached hydrogens (tertiary/aromatic N) is 1. The van der Waals surface area contributed by atoms with E-state index in [-0.39, 0.29) is 6.10 Å². The summed E-state index contributed by atoms with van der Waals surface area (Å²) in [6, 6.07) is 13.4. The Morgan fingerprint density at radius 1 is 1.00 bits per heavy atom. The van der Waals surface area contributed by atoms with Gasteiger partial charge < -0.3 is 9.47 Å². The van der Waals surface area contributed by atoms with Gasteiger partial charge in [0.25, 0.3) is 0 Å². The minimum atomic E-state index is 0.185. The topological polar surface area (TPSA) is 31.4 Å². The van der Waals surface area contributed by atoms with Gasteiger partial charge >= 0.3 is 0 Å². The van der Waals surface area contributed by atoms with Gasteiger partial charge in [-0.1, -0.05) is 6.07 Å². The fourth-order valence-electron chi connectivity index (χ4n) is 1.53. The molecule has 0 bridgehead atoms. The lowest BCUT2D eigenvalue weighted by Gasteiger charge is -2.10. The van der Waals surface area contributed by atoms with Crippen molar-refractivity contribution in [1.29, 1.82) is 0 Å². The van der Waals surface area contributed by atoms with Crippen molar-refractivity contribution in [3.63, 3.8) is 0 Å². The van der Waals surface area contributed by atoms with Crippen LogP contribution in [-0.4, -0.2) is 11.1 Å². The molecule has 94 valence electrons. The molecule has 0 fully saturated rings. The second kappa shape index (κ2) is 6.05. The van der Waals surface area contributed by atoms with Crippen LogP contribution in [0.2, 0.25) is 0 Å². The Morgan fingerprint density at radius 2 is 1.72 bits per heavy atom. The summed E-state index contributed by atoms with van der Waals surface area (Å²) in [5.74, 6) is 1.67. The van der Waals surface area contributed by atoms with Crippen molar-refractivity contribution in [3.05, 3.63) is 54.4 Å². The van der Waals surface area contributed by atoms with Gasteiger partial charge in [0.1, 0.15) is 18.1 Å². The molecule has 1 heterocycles. The van der Waals surface area contributed by atoms with E-state index in [1.165, 1.54) is 0 Å². The van der Waals surface area contributed by atoms with Crippen LogP contribution in [0, 0.1) is 0 Å². The van der Waals surface area contributed by atoms with Crippen molar-refractivity contribution in [2.24, 2.45) is 0 Å². The van der Waals surface area contributed by atoms with Crippen LogP contribution in [0.4, 0.5) is 0 Å². The molecule has 0 atom stereocenters. The number of pyridine rings is 1. The normalized spacial score (nSPS) is 10.4. The van der Waals surface area contributed by atoms with Gasteiger partial charge in [0, 0.05) is 6.20 Å². The van der Waals surface area contributed by atoms with E-state index in [2.05, 4.69) is 4.98 Å². The number of benzene rings is 1. The smallest absolute Gasteiger partial charge is 0.130 e. The standard InChI is InChI=1S/C15H17NO2/c1-12(2)18-15-8-6-14(7-9-15)17-11-13-5-3-4-10-16-13/h3-10,12H,11H2,1-2H3. The highest BCUT2D eigenvalue weighted by molar-refractivity contribution is 5.31. The van der Waals surface area contributed by atoms with E-state index in [1.54, 1.807) is 6.20 Å². The molecule has 2 aromatic rings. The van der Waals surface area contributed by atoms with Crippen LogP contribution in [0.15, 0.2) is 48.7 Å². The summed E-state index contributed by atoms with van der Waals surface area (Å²) in [5, 5.41) is 0. The lowest BCUT2D eigenvalue weighted by Crippen LogP contribution is -2.05. The highest BCUT2D eigenvalue weighted by Gasteiger charge is 1.99. The van der Waals surface area contributed by atoms with Gasteiger partial charge in [-0.2, -0.15) is 0 Å². The zero-order chi connectivity index (χ0) is 12.8. The molecule has 2 rings (SSSR count). The molecule has 0 amide bonds. The molecule has 0 unspecified atom stereocenters. The first-order valence-corrected chi connectivity index (χ1v) is 6.03. The molecule has 0 N–H and O–H groups in total. The van der Waals surface area contributed by atoms with Crippen LogP contribution >= 0.6 is 0 Å². The van der Waals surface area contributed by atoms with Gasteiger partial charge in [-0.25, -0.2) is 0 Å². The number of ether oxygens (including phenoxy) is 2. The van der Waals surface area contributed by atoms with Gasteiger partial charge in [-0.3, -0.25) is 4.98 Å². The molecule has 3 nitrogen and oxygen atoms in total. The highest BCUT2D eigenvalue weighted by Crippen LogP contribution is 2.19. The lowest BCUT2D eigenvalue weighted by molar-refractivity contribution is 0.241. The fourth-order valence-corrected chi connectivity index (χ4v) is 1.53. The summed E-state index contributed by atoms with van der Waals surface area (Å²) in [5.41, 5.74) is 0.917. The Morgan fingerprint density at radius 3 is 2.33 bits per heavy atom. The van der Waals surface area contributed by atoms with Crippen molar-refractivity contribution in [1.82, 2.24) is 4.98 Å². The first kappa shape index (κ1) is 12.4. The molecular formula is C15H17NO2. The van der Waals surface area contributed by atoms with Crippen molar-refractivity contribution in [2.45, 2.75) is 26.6 Å². The third-order valence-corrected chi connectivity index (χ3v) is 2.31. The fraction of sp³-hybridized carbons (Fsp3) is 0.267. The van der Waals surface area contributed by atoms with Crippen LogP contribution in [0.3, 0.4) is 0 Å². The Labute approximate surface area is 107 Å². The molecule has 0 aliphatic carbocycles. The van der Waals surface area contributed by atoms with Gasteiger partial charge in [0.05, 0.1) is 11.8 Å². The largest absolute Gasteiger partial charge is 0.491 e. The van der Waals surface area contributed by atoms with E-state index in [9.17, 15) is 0 Å². The number of aromatic nitrogens is 1. The molecule has 0 aliphatic heterocycles. The van der Waals surface area contributed by atoms with Crippen LogP contribution < -0.4 is 9.47 Å². The summed E-state index contributed by atoms with van der Waals surface area (Å²) < 4.78 is 11.2. The summed E-state index contributed by atoms with van der Waals surface area (Å²) in [7, 11) is 0. The van der Waals surface area contributed by atoms with Gasteiger partial charge in [0.15, 0.2) is 0 Å². The molecule has 18 heavy (non-hydrogen) atoms. The minimum absolute atomic E-state index is 0.185. The van der Waals surface area contributed by atoms with E-state index in [4.69, 9.17) is 9.47 Å². The zero-order valence-electron chi connectivity index (χ0n) is 10.7. The Hall–Kier alpha value is -2.03. The van der Waals surface area contributed by atoms with Crippen LogP contribution in [0.25, 0.3) is 0 Å². The Kier molecular flexibility index (Phi) is 4.18. The molecule has 0 radical (unpaired) electrons. The summed E-state index contributed by atoms with van der Waals surface area (Å²) in [6.45, 7) is 4.49. The van der Waals surface area contributed by atoms with Crippen LogP contribution in [0.5, 0.6) is 11.5 Å². The van der Waals surface area contributed by atoms with Crippen LogP contribution in [0.1, 0.15) is 19.5 Å². The molecule has 1 aromatic carbocycles. The van der Waals surface area contributed by atoms with E-state index >= 15 is 0 Å². The molecule has 0 aliphatic rings. The third kappa shape index (κ3) is 3.77. The van der Waals surface area contributed by atoms with E-state index in [0.717, 1.165) is 17.2 Å². The summed E-state index contributed by atoms with van der Waals surface area (Å²) in [4.78, 5) is 4.20. The first-order valence-electron chi connectivity index (χ1n) is 6.03. The predicted molar refractivity (Wildman–Crippen MR) is 70.8 cm³/mol. The lowest BCUT2D eigenvalue weighted by atomic mass is 10.3. The predicted octanol–water partition coefficient (Wildman–Crippen LogP) is 3.45. The molecule has 0 saturated carbocycles. The quantitative estimate of drug-likeness (QED) is 0.806. The zero-order valence-corrected chi connectivity index (χ0v) is 10.7. The Balaban J connectivity index is 1.90. The van der Waals surface area contributed by atoms with E-state index in [0.29, 0.717) is 6.61 Å². The van der Waals surface area contributed by atoms with Gasteiger partial charge in [0.2, 0.25) is 0 Å². The third-order valence-electron chi connectivity index (χ3n) is 2.31. The van der Waals surface area contributed by atoms with Crippen molar-refractivity contribution in [2.75, 3.05) is 0 Å². The molecule has 3 heteroatoms. The van der Waals surface area contributed by atoms with Crippen molar-refractivity contribution < 1.29 is 9.47 Å². The second-order valence-electron chi connectivity index (χ2n) is 4.25.